The minimum absolute atomic E-state index is 0.333. The van der Waals surface area contributed by atoms with E-state index >= 15 is 0 Å². The minimum Gasteiger partial charge on any atom is -0.464 e. The monoisotopic (exact) mass is 434 g/mol. The van der Waals surface area contributed by atoms with E-state index in [0.717, 1.165) is 30.4 Å². The van der Waals surface area contributed by atoms with E-state index in [1.807, 2.05) is 6.07 Å². The van der Waals surface area contributed by atoms with Gasteiger partial charge in [0.05, 0.1) is 16.7 Å². The van der Waals surface area contributed by atoms with Crippen LogP contribution >= 0.6 is 22.6 Å². The molecule has 0 bridgehead atoms. The number of rotatable bonds is 6. The largest absolute Gasteiger partial charge is 0.464 e. The maximum atomic E-state index is 11.9. The van der Waals surface area contributed by atoms with E-state index in [9.17, 15) is 4.79 Å². The average Bonchev–Trinajstić information content (AvgIpc) is 2.79. The Balaban J connectivity index is 2.09. The third-order valence-corrected chi connectivity index (χ3v) is 6.38. The van der Waals surface area contributed by atoms with Crippen LogP contribution in [0.15, 0.2) is 12.3 Å². The summed E-state index contributed by atoms with van der Waals surface area (Å²) in [6, 6.07) is 3.11. The molecule has 0 amide bonds. The summed E-state index contributed by atoms with van der Waals surface area (Å²) in [6.45, 7) is 9.09. The molecule has 2 heterocycles. The molecule has 0 N–H and O–H groups in total. The molecule has 0 saturated heterocycles. The van der Waals surface area contributed by atoms with Crippen LogP contribution in [0.4, 0.5) is 5.69 Å². The maximum absolute atomic E-state index is 11.9. The van der Waals surface area contributed by atoms with E-state index in [1.165, 1.54) is 7.11 Å². The van der Waals surface area contributed by atoms with Crippen molar-refractivity contribution in [2.24, 2.45) is 0 Å². The number of hydrogen-bond acceptors (Lipinski definition) is 5. The highest BCUT2D eigenvalue weighted by atomic mass is 127. The number of hydrogen-bond donors (Lipinski definition) is 0. The van der Waals surface area contributed by atoms with Crippen molar-refractivity contribution in [1.29, 1.82) is 0 Å². The van der Waals surface area contributed by atoms with Gasteiger partial charge in [0.15, 0.2) is 5.69 Å². The summed E-state index contributed by atoms with van der Waals surface area (Å²) in [5.41, 5.74) is 2.37. The fraction of sp³-hybridized carbons (Fsp3) is 0.600. The molecule has 0 aromatic carbocycles. The molecular formula is C15H23IN2O3Si. The number of halogens is 1. The van der Waals surface area contributed by atoms with Gasteiger partial charge in [-0.25, -0.2) is 9.78 Å². The SMILES string of the molecule is COC(=O)c1nccc2c1N(COCC[Si](C)(C)C)CC2I. The maximum Gasteiger partial charge on any atom is 0.358 e. The number of alkyl halides is 1. The fourth-order valence-corrected chi connectivity index (χ4v) is 4.09. The van der Waals surface area contributed by atoms with Crippen LogP contribution in [0.1, 0.15) is 20.0 Å². The summed E-state index contributed by atoms with van der Waals surface area (Å²) in [7, 11) is 0.298. The van der Waals surface area contributed by atoms with Gasteiger partial charge >= 0.3 is 5.97 Å². The van der Waals surface area contributed by atoms with E-state index < -0.39 is 14.0 Å². The molecule has 22 heavy (non-hydrogen) atoms. The highest BCUT2D eigenvalue weighted by Crippen LogP contribution is 2.41. The van der Waals surface area contributed by atoms with Crippen LogP contribution in [0.5, 0.6) is 0 Å². The van der Waals surface area contributed by atoms with Crippen LogP contribution in [-0.4, -0.2) is 46.0 Å². The first kappa shape index (κ1) is 17.7. The highest BCUT2D eigenvalue weighted by Gasteiger charge is 2.32. The van der Waals surface area contributed by atoms with Crippen molar-refractivity contribution in [3.05, 3.63) is 23.5 Å². The van der Waals surface area contributed by atoms with Gasteiger partial charge in [0.2, 0.25) is 0 Å². The number of ether oxygens (including phenoxy) is 2. The smallest absolute Gasteiger partial charge is 0.358 e. The van der Waals surface area contributed by atoms with Crippen LogP contribution in [0.25, 0.3) is 0 Å². The Morgan fingerprint density at radius 3 is 2.86 bits per heavy atom. The normalized spacial score (nSPS) is 17.5. The first-order valence-electron chi connectivity index (χ1n) is 7.37. The molecule has 0 radical (unpaired) electrons. The van der Waals surface area contributed by atoms with Crippen molar-refractivity contribution < 1.29 is 14.3 Å². The summed E-state index contributed by atoms with van der Waals surface area (Å²) >= 11 is 2.39. The zero-order valence-electron chi connectivity index (χ0n) is 13.6. The zero-order chi connectivity index (χ0) is 16.3. The molecule has 0 saturated carbocycles. The van der Waals surface area contributed by atoms with Gasteiger partial charge in [-0.2, -0.15) is 0 Å². The molecule has 1 aromatic rings. The number of fused-ring (bicyclic) bond motifs is 1. The Kier molecular flexibility index (Phi) is 5.84. The molecular weight excluding hydrogens is 411 g/mol. The molecule has 7 heteroatoms. The molecule has 0 spiro atoms. The van der Waals surface area contributed by atoms with Crippen LogP contribution in [-0.2, 0) is 9.47 Å². The Labute approximate surface area is 146 Å². The molecule has 0 fully saturated rings. The predicted molar refractivity (Wildman–Crippen MR) is 98.7 cm³/mol. The number of carbonyl (C=O) groups excluding carboxylic acids is 1. The number of esters is 1. The van der Waals surface area contributed by atoms with Gasteiger partial charge in [0.1, 0.15) is 6.73 Å². The van der Waals surface area contributed by atoms with Gasteiger partial charge in [-0.3, -0.25) is 0 Å². The summed E-state index contributed by atoms with van der Waals surface area (Å²) in [5.74, 6) is -0.394. The number of nitrogens with zero attached hydrogens (tertiary/aromatic N) is 2. The predicted octanol–water partition coefficient (Wildman–Crippen LogP) is 3.48. The van der Waals surface area contributed by atoms with Gasteiger partial charge in [0, 0.05) is 27.4 Å². The van der Waals surface area contributed by atoms with Crippen molar-refractivity contribution in [2.45, 2.75) is 29.6 Å². The summed E-state index contributed by atoms with van der Waals surface area (Å²) in [5, 5.41) is 0. The molecule has 1 aromatic heterocycles. The van der Waals surface area contributed by atoms with E-state index in [-0.39, 0.29) is 0 Å². The first-order valence-corrected chi connectivity index (χ1v) is 12.3. The standard InChI is InChI=1S/C15H23IN2O3Si/c1-20-15(19)13-14-11(5-6-17-13)12(16)9-18(14)10-21-7-8-22(2,3)4/h5-6,12H,7-10H2,1-4H3. The quantitative estimate of drug-likeness (QED) is 0.226. The Morgan fingerprint density at radius 1 is 1.50 bits per heavy atom. The number of carbonyl (C=O) groups is 1. The van der Waals surface area contributed by atoms with Crippen molar-refractivity contribution >= 4 is 42.3 Å². The Hall–Kier alpha value is -0.673. The van der Waals surface area contributed by atoms with E-state index in [4.69, 9.17) is 9.47 Å². The highest BCUT2D eigenvalue weighted by molar-refractivity contribution is 14.1. The van der Waals surface area contributed by atoms with Crippen molar-refractivity contribution in [3.8, 4) is 0 Å². The molecule has 1 atom stereocenters. The summed E-state index contributed by atoms with van der Waals surface area (Å²) < 4.78 is 11.0. The number of anilines is 1. The van der Waals surface area contributed by atoms with Crippen LogP contribution in [0.3, 0.4) is 0 Å². The van der Waals surface area contributed by atoms with E-state index in [1.54, 1.807) is 6.20 Å². The first-order chi connectivity index (χ1) is 10.3. The zero-order valence-corrected chi connectivity index (χ0v) is 16.7. The lowest BCUT2D eigenvalue weighted by Gasteiger charge is -2.22. The minimum atomic E-state index is -1.09. The van der Waals surface area contributed by atoms with E-state index in [0.29, 0.717) is 16.3 Å². The van der Waals surface area contributed by atoms with E-state index in [2.05, 4.69) is 52.1 Å². The second-order valence-electron chi connectivity index (χ2n) is 6.63. The molecule has 1 unspecified atom stereocenters. The summed E-state index contributed by atoms with van der Waals surface area (Å²) in [4.78, 5) is 18.2. The van der Waals surface area contributed by atoms with Crippen LogP contribution in [0.2, 0.25) is 25.7 Å². The van der Waals surface area contributed by atoms with Gasteiger partial charge < -0.3 is 14.4 Å². The lowest BCUT2D eigenvalue weighted by molar-refractivity contribution is 0.0594. The lowest BCUT2D eigenvalue weighted by atomic mass is 10.1. The van der Waals surface area contributed by atoms with Crippen LogP contribution in [0, 0.1) is 0 Å². The number of aromatic nitrogens is 1. The third-order valence-electron chi connectivity index (χ3n) is 3.61. The second-order valence-corrected chi connectivity index (χ2v) is 13.8. The molecule has 2 rings (SSSR count). The lowest BCUT2D eigenvalue weighted by Crippen LogP contribution is -2.28. The van der Waals surface area contributed by atoms with Crippen LogP contribution < -0.4 is 4.90 Å². The van der Waals surface area contributed by atoms with Gasteiger partial charge in [-0.05, 0) is 17.7 Å². The number of methoxy groups -OCH3 is 1. The average molecular weight is 434 g/mol. The molecule has 5 nitrogen and oxygen atoms in total. The second kappa shape index (κ2) is 7.27. The van der Waals surface area contributed by atoms with Crippen molar-refractivity contribution in [2.75, 3.05) is 31.9 Å². The summed E-state index contributed by atoms with van der Waals surface area (Å²) in [6.07, 6.45) is 1.67. The molecule has 1 aliphatic heterocycles. The van der Waals surface area contributed by atoms with Crippen molar-refractivity contribution in [1.82, 2.24) is 4.98 Å². The van der Waals surface area contributed by atoms with Gasteiger partial charge in [-0.15, -0.1) is 0 Å². The Bertz CT molecular complexity index is 548. The van der Waals surface area contributed by atoms with Crippen molar-refractivity contribution in [3.63, 3.8) is 0 Å². The third kappa shape index (κ3) is 4.20. The fourth-order valence-electron chi connectivity index (χ4n) is 2.35. The topological polar surface area (TPSA) is 51.7 Å². The van der Waals surface area contributed by atoms with Gasteiger partial charge in [-0.1, -0.05) is 42.2 Å². The number of pyridine rings is 1. The van der Waals surface area contributed by atoms with Gasteiger partial charge in [0.25, 0.3) is 0 Å². The molecule has 0 aliphatic carbocycles. The molecule has 122 valence electrons. The Morgan fingerprint density at radius 2 is 2.23 bits per heavy atom. The molecule has 1 aliphatic rings.